The Bertz CT molecular complexity index is 503. The van der Waals surface area contributed by atoms with Crippen molar-refractivity contribution in [1.29, 1.82) is 0 Å². The van der Waals surface area contributed by atoms with E-state index in [1.165, 1.54) is 0 Å². The summed E-state index contributed by atoms with van der Waals surface area (Å²) in [6.07, 6.45) is 3.42. The standard InChI is InChI=1S/C17H23NO2/c1-12(2)20-15-6-4-3-5-13(15)16(19)14-11-17(14)7-9-18-10-8-17/h3-6,12,14,18H,7-11H2,1-2H3. The normalized spacial score (nSPS) is 23.9. The van der Waals surface area contributed by atoms with E-state index in [0.717, 1.165) is 43.7 Å². The minimum absolute atomic E-state index is 0.0935. The predicted molar refractivity (Wildman–Crippen MR) is 79.2 cm³/mol. The Balaban J connectivity index is 1.78. The summed E-state index contributed by atoms with van der Waals surface area (Å²) in [5.74, 6) is 1.23. The molecule has 3 heteroatoms. The van der Waals surface area contributed by atoms with Crippen molar-refractivity contribution in [3.05, 3.63) is 29.8 Å². The zero-order chi connectivity index (χ0) is 14.2. The van der Waals surface area contributed by atoms with Gasteiger partial charge in [0.05, 0.1) is 11.7 Å². The van der Waals surface area contributed by atoms with Gasteiger partial charge in [0.2, 0.25) is 0 Å². The molecule has 3 rings (SSSR count). The fourth-order valence-electron chi connectivity index (χ4n) is 3.41. The molecule has 1 atom stereocenters. The monoisotopic (exact) mass is 273 g/mol. The molecule has 20 heavy (non-hydrogen) atoms. The van der Waals surface area contributed by atoms with Crippen LogP contribution in [-0.4, -0.2) is 25.0 Å². The van der Waals surface area contributed by atoms with Gasteiger partial charge in [-0.15, -0.1) is 0 Å². The van der Waals surface area contributed by atoms with E-state index in [1.54, 1.807) is 0 Å². The number of piperidine rings is 1. The van der Waals surface area contributed by atoms with Crippen molar-refractivity contribution in [2.75, 3.05) is 13.1 Å². The summed E-state index contributed by atoms with van der Waals surface area (Å²) in [6, 6.07) is 7.68. The largest absolute Gasteiger partial charge is 0.490 e. The highest BCUT2D eigenvalue weighted by Crippen LogP contribution is 2.60. The Morgan fingerprint density at radius 1 is 1.30 bits per heavy atom. The van der Waals surface area contributed by atoms with Crippen LogP contribution in [0.25, 0.3) is 0 Å². The highest BCUT2D eigenvalue weighted by atomic mass is 16.5. The smallest absolute Gasteiger partial charge is 0.170 e. The lowest BCUT2D eigenvalue weighted by atomic mass is 9.89. The lowest BCUT2D eigenvalue weighted by Crippen LogP contribution is -2.30. The van der Waals surface area contributed by atoms with Gasteiger partial charge < -0.3 is 10.1 Å². The van der Waals surface area contributed by atoms with Crippen LogP contribution in [0, 0.1) is 11.3 Å². The molecule has 0 aromatic heterocycles. The minimum atomic E-state index is 0.0935. The topological polar surface area (TPSA) is 38.3 Å². The summed E-state index contributed by atoms with van der Waals surface area (Å²) in [5, 5.41) is 3.38. The van der Waals surface area contributed by atoms with Crippen molar-refractivity contribution in [2.45, 2.75) is 39.2 Å². The Morgan fingerprint density at radius 3 is 2.70 bits per heavy atom. The average molecular weight is 273 g/mol. The number of para-hydroxylation sites is 1. The number of rotatable bonds is 4. The number of carbonyl (C=O) groups is 1. The van der Waals surface area contributed by atoms with E-state index in [2.05, 4.69) is 5.32 Å². The third kappa shape index (κ3) is 2.47. The van der Waals surface area contributed by atoms with Crippen molar-refractivity contribution >= 4 is 5.78 Å². The third-order valence-corrected chi connectivity index (χ3v) is 4.62. The summed E-state index contributed by atoms with van der Waals surface area (Å²) in [7, 11) is 0. The number of benzene rings is 1. The lowest BCUT2D eigenvalue weighted by Gasteiger charge is -2.23. The van der Waals surface area contributed by atoms with E-state index in [4.69, 9.17) is 4.74 Å². The molecule has 1 spiro atoms. The molecule has 0 radical (unpaired) electrons. The Kier molecular flexibility index (Phi) is 3.55. The first-order valence-electron chi connectivity index (χ1n) is 7.63. The molecule has 1 aliphatic heterocycles. The van der Waals surface area contributed by atoms with E-state index in [-0.39, 0.29) is 23.2 Å². The lowest BCUT2D eigenvalue weighted by molar-refractivity contribution is 0.0935. The van der Waals surface area contributed by atoms with Gasteiger partial charge in [0.25, 0.3) is 0 Å². The van der Waals surface area contributed by atoms with Gasteiger partial charge in [-0.2, -0.15) is 0 Å². The van der Waals surface area contributed by atoms with Crippen LogP contribution in [-0.2, 0) is 0 Å². The minimum Gasteiger partial charge on any atom is -0.490 e. The van der Waals surface area contributed by atoms with Crippen LogP contribution >= 0.6 is 0 Å². The van der Waals surface area contributed by atoms with Crippen molar-refractivity contribution in [3.63, 3.8) is 0 Å². The molecule has 1 heterocycles. The number of hydrogen-bond acceptors (Lipinski definition) is 3. The zero-order valence-electron chi connectivity index (χ0n) is 12.3. The van der Waals surface area contributed by atoms with Gasteiger partial charge in [0.15, 0.2) is 5.78 Å². The molecule has 1 saturated heterocycles. The molecule has 1 N–H and O–H groups in total. The number of hydrogen-bond donors (Lipinski definition) is 1. The van der Waals surface area contributed by atoms with E-state index in [9.17, 15) is 4.79 Å². The van der Waals surface area contributed by atoms with Crippen LogP contribution in [0.4, 0.5) is 0 Å². The Labute approximate surface area is 120 Å². The van der Waals surface area contributed by atoms with E-state index < -0.39 is 0 Å². The first-order valence-corrected chi connectivity index (χ1v) is 7.63. The molecule has 108 valence electrons. The second-order valence-electron chi connectivity index (χ2n) is 6.40. The average Bonchev–Trinajstić information content (AvgIpc) is 3.12. The van der Waals surface area contributed by atoms with Gasteiger partial charge in [-0.25, -0.2) is 0 Å². The van der Waals surface area contributed by atoms with E-state index in [0.29, 0.717) is 0 Å². The Morgan fingerprint density at radius 2 is 2.00 bits per heavy atom. The maximum Gasteiger partial charge on any atom is 0.170 e. The zero-order valence-corrected chi connectivity index (χ0v) is 12.3. The van der Waals surface area contributed by atoms with Crippen LogP contribution in [0.1, 0.15) is 43.5 Å². The summed E-state index contributed by atoms with van der Waals surface area (Å²) in [4.78, 5) is 12.8. The van der Waals surface area contributed by atoms with Gasteiger partial charge in [0.1, 0.15) is 5.75 Å². The molecule has 0 bridgehead atoms. The number of carbonyl (C=O) groups excluding carboxylic acids is 1. The molecular weight excluding hydrogens is 250 g/mol. The predicted octanol–water partition coefficient (Wildman–Crippen LogP) is 3.05. The number of ether oxygens (including phenoxy) is 1. The van der Waals surface area contributed by atoms with Crippen LogP contribution in [0.2, 0.25) is 0 Å². The second-order valence-corrected chi connectivity index (χ2v) is 6.40. The summed E-state index contributed by atoms with van der Waals surface area (Å²) < 4.78 is 5.79. The molecule has 0 amide bonds. The first kappa shape index (κ1) is 13.6. The van der Waals surface area contributed by atoms with Gasteiger partial charge in [-0.05, 0) is 63.7 Å². The van der Waals surface area contributed by atoms with Crippen molar-refractivity contribution in [1.82, 2.24) is 5.32 Å². The quantitative estimate of drug-likeness (QED) is 0.857. The fraction of sp³-hybridized carbons (Fsp3) is 0.588. The van der Waals surface area contributed by atoms with Crippen LogP contribution in [0.5, 0.6) is 5.75 Å². The second kappa shape index (κ2) is 5.21. The molecule has 1 aromatic carbocycles. The maximum absolute atomic E-state index is 12.8. The van der Waals surface area contributed by atoms with Crippen molar-refractivity contribution in [2.24, 2.45) is 11.3 Å². The number of ketones is 1. The van der Waals surface area contributed by atoms with E-state index >= 15 is 0 Å². The molecule has 2 fully saturated rings. The third-order valence-electron chi connectivity index (χ3n) is 4.62. The van der Waals surface area contributed by atoms with E-state index in [1.807, 2.05) is 38.1 Å². The molecular formula is C17H23NO2. The molecule has 1 aromatic rings. The molecule has 3 nitrogen and oxygen atoms in total. The highest BCUT2D eigenvalue weighted by Gasteiger charge is 2.57. The van der Waals surface area contributed by atoms with Gasteiger partial charge >= 0.3 is 0 Å². The fourth-order valence-corrected chi connectivity index (χ4v) is 3.41. The maximum atomic E-state index is 12.8. The molecule has 1 unspecified atom stereocenters. The van der Waals surface area contributed by atoms with Gasteiger partial charge in [-0.3, -0.25) is 4.79 Å². The van der Waals surface area contributed by atoms with Crippen LogP contribution in [0.15, 0.2) is 24.3 Å². The molecule has 1 aliphatic carbocycles. The summed E-state index contributed by atoms with van der Waals surface area (Å²) >= 11 is 0. The van der Waals surface area contributed by atoms with Crippen molar-refractivity contribution in [3.8, 4) is 5.75 Å². The van der Waals surface area contributed by atoms with Crippen LogP contribution in [0.3, 0.4) is 0 Å². The molecule has 1 saturated carbocycles. The first-order chi connectivity index (χ1) is 9.62. The SMILES string of the molecule is CC(C)Oc1ccccc1C(=O)C1CC12CCNCC2. The van der Waals surface area contributed by atoms with Crippen molar-refractivity contribution < 1.29 is 9.53 Å². The summed E-state index contributed by atoms with van der Waals surface area (Å²) in [5.41, 5.74) is 1.05. The number of nitrogens with one attached hydrogen (secondary N) is 1. The number of Topliss-reactive ketones (excluding diaryl/α,β-unsaturated/α-hetero) is 1. The summed E-state index contributed by atoms with van der Waals surface area (Å²) in [6.45, 7) is 6.08. The van der Waals surface area contributed by atoms with Gasteiger partial charge in [-0.1, -0.05) is 12.1 Å². The molecule has 2 aliphatic rings. The van der Waals surface area contributed by atoms with Gasteiger partial charge in [0, 0.05) is 5.92 Å². The Hall–Kier alpha value is -1.35. The van der Waals surface area contributed by atoms with Crippen LogP contribution < -0.4 is 10.1 Å². The highest BCUT2D eigenvalue weighted by molar-refractivity contribution is 6.02.